The van der Waals surface area contributed by atoms with Crippen LogP contribution in [0.3, 0.4) is 0 Å². The molecule has 0 aromatic heterocycles. The molecule has 0 fully saturated rings. The van der Waals surface area contributed by atoms with Gasteiger partial charge >= 0.3 is 0 Å². The van der Waals surface area contributed by atoms with Crippen molar-refractivity contribution in [1.82, 2.24) is 12.9 Å². The Hall–Kier alpha value is -2.61. The lowest BCUT2D eigenvalue weighted by molar-refractivity contribution is 0.259. The lowest BCUT2D eigenvalue weighted by Crippen LogP contribution is -2.47. The van der Waals surface area contributed by atoms with Crippen molar-refractivity contribution in [3.8, 4) is 0 Å². The summed E-state index contributed by atoms with van der Waals surface area (Å²) in [5.74, 6) is 0. The smallest absolute Gasteiger partial charge is 0.207 e. The zero-order valence-electron chi connectivity index (χ0n) is 18.6. The van der Waals surface area contributed by atoms with Gasteiger partial charge in [0.05, 0.1) is 28.0 Å². The highest BCUT2D eigenvalue weighted by Crippen LogP contribution is 2.21. The van der Waals surface area contributed by atoms with Gasteiger partial charge in [0.25, 0.3) is 0 Å². The molecule has 0 heterocycles. The van der Waals surface area contributed by atoms with Crippen molar-refractivity contribution in [2.75, 3.05) is 27.4 Å². The van der Waals surface area contributed by atoms with Gasteiger partial charge in [-0.3, -0.25) is 0 Å². The maximum Gasteiger partial charge on any atom is 0.245 e. The van der Waals surface area contributed by atoms with E-state index in [4.69, 9.17) is 0 Å². The van der Waals surface area contributed by atoms with E-state index in [1.807, 2.05) is 0 Å². The quantitative estimate of drug-likeness (QED) is 0.377. The number of rotatable bonds is 10. The van der Waals surface area contributed by atoms with E-state index in [1.165, 1.54) is 62.6 Å². The van der Waals surface area contributed by atoms with Gasteiger partial charge in [-0.1, -0.05) is 54.6 Å². The van der Waals surface area contributed by atoms with Crippen molar-refractivity contribution in [2.45, 2.75) is 14.7 Å². The Balaban J connectivity index is 1.98. The maximum atomic E-state index is 13.4. The molecule has 0 saturated carbocycles. The molecule has 3 rings (SSSR count). The third-order valence-corrected chi connectivity index (χ3v) is 10.4. The van der Waals surface area contributed by atoms with Crippen LogP contribution >= 0.6 is 0 Å². The van der Waals surface area contributed by atoms with Crippen LogP contribution < -0.4 is 0 Å². The molecule has 0 aliphatic rings. The van der Waals surface area contributed by atoms with Crippen molar-refractivity contribution >= 4 is 30.1 Å². The maximum absolute atomic E-state index is 13.4. The highest BCUT2D eigenvalue weighted by molar-refractivity contribution is 7.90. The molecule has 34 heavy (non-hydrogen) atoms. The molecular formula is C22H25N3O6S3. The van der Waals surface area contributed by atoms with Crippen LogP contribution in [0.25, 0.3) is 0 Å². The Morgan fingerprint density at radius 3 is 1.03 bits per heavy atom. The first kappa shape index (κ1) is 26.0. The molecular weight excluding hydrogens is 498 g/mol. The van der Waals surface area contributed by atoms with Crippen LogP contribution in [0, 0.1) is 0 Å². The molecule has 0 bridgehead atoms. The molecule has 0 atom stereocenters. The summed E-state index contributed by atoms with van der Waals surface area (Å²) in [6, 6.07) is 22.5. The molecule has 0 amide bonds. The summed E-state index contributed by atoms with van der Waals surface area (Å²) in [4.78, 5) is -0.120. The number of hydrogen-bond donors (Lipinski definition) is 0. The Morgan fingerprint density at radius 2 is 0.735 bits per heavy atom. The fourth-order valence-corrected chi connectivity index (χ4v) is 6.98. The molecule has 3 aromatic rings. The van der Waals surface area contributed by atoms with Crippen LogP contribution in [0.5, 0.6) is 0 Å². The average Bonchev–Trinajstić information content (AvgIpc) is 2.85. The van der Waals surface area contributed by atoms with E-state index in [0.29, 0.717) is 0 Å². The van der Waals surface area contributed by atoms with Gasteiger partial charge in [0.15, 0.2) is 0 Å². The first-order valence-electron chi connectivity index (χ1n) is 10.1. The van der Waals surface area contributed by atoms with Gasteiger partial charge in [-0.15, -0.1) is 0 Å². The summed E-state index contributed by atoms with van der Waals surface area (Å²) < 4.78 is 81.4. The summed E-state index contributed by atoms with van der Waals surface area (Å²) in [6.07, 6.45) is 0. The van der Waals surface area contributed by atoms with Crippen molar-refractivity contribution in [3.63, 3.8) is 0 Å². The number of hydrogen-bond acceptors (Lipinski definition) is 6. The van der Waals surface area contributed by atoms with E-state index in [1.54, 1.807) is 42.5 Å². The first-order chi connectivity index (χ1) is 16.0. The largest absolute Gasteiger partial charge is 0.245 e. The van der Waals surface area contributed by atoms with Gasteiger partial charge in [0.1, 0.15) is 0 Å². The molecule has 3 aromatic carbocycles. The first-order valence-corrected chi connectivity index (χ1v) is 14.4. The fourth-order valence-electron chi connectivity index (χ4n) is 3.08. The lowest BCUT2D eigenvalue weighted by atomic mass is 10.4. The van der Waals surface area contributed by atoms with Crippen molar-refractivity contribution in [1.29, 1.82) is 0 Å². The second kappa shape index (κ2) is 10.3. The molecule has 0 unspecified atom stereocenters. The molecule has 0 saturated heterocycles. The summed E-state index contributed by atoms with van der Waals surface area (Å²) >= 11 is 0. The van der Waals surface area contributed by atoms with Gasteiger partial charge < -0.3 is 0 Å². The van der Waals surface area contributed by atoms with E-state index in [9.17, 15) is 25.3 Å². The van der Waals surface area contributed by atoms with Gasteiger partial charge in [-0.05, 0) is 36.4 Å². The second-order valence-corrected chi connectivity index (χ2v) is 13.4. The number of nitrogens with zero attached hydrogens (tertiary/aromatic N) is 3. The number of sulfonamides is 3. The summed E-state index contributed by atoms with van der Waals surface area (Å²) in [5, 5.41) is 0. The highest BCUT2D eigenvalue weighted by atomic mass is 32.2. The summed E-state index contributed by atoms with van der Waals surface area (Å²) in [6.45, 7) is -1.22. The van der Waals surface area contributed by atoms with E-state index < -0.39 is 43.4 Å². The van der Waals surface area contributed by atoms with Crippen molar-refractivity contribution in [2.24, 2.45) is 0 Å². The van der Waals surface area contributed by atoms with E-state index >= 15 is 0 Å². The minimum Gasteiger partial charge on any atom is -0.207 e. The van der Waals surface area contributed by atoms with Gasteiger partial charge in [0.2, 0.25) is 30.1 Å². The van der Waals surface area contributed by atoms with E-state index in [-0.39, 0.29) is 14.7 Å². The molecule has 0 radical (unpaired) electrons. The zero-order valence-corrected chi connectivity index (χ0v) is 21.0. The third kappa shape index (κ3) is 5.54. The highest BCUT2D eigenvalue weighted by Gasteiger charge is 2.33. The number of benzene rings is 3. The van der Waals surface area contributed by atoms with E-state index in [0.717, 1.165) is 12.9 Å². The molecule has 9 nitrogen and oxygen atoms in total. The SMILES string of the molecule is CN(CN(CN(C)S(=O)(=O)c1ccccc1)S(=O)(=O)c1ccccc1)S(=O)(=O)c1ccccc1. The predicted molar refractivity (Wildman–Crippen MR) is 128 cm³/mol. The predicted octanol–water partition coefficient (Wildman–Crippen LogP) is 2.23. The monoisotopic (exact) mass is 523 g/mol. The van der Waals surface area contributed by atoms with Gasteiger partial charge in [-0.25, -0.2) is 25.3 Å². The molecule has 0 aliphatic carbocycles. The minimum atomic E-state index is -4.26. The molecule has 0 spiro atoms. The second-order valence-electron chi connectivity index (χ2n) is 7.38. The van der Waals surface area contributed by atoms with Crippen LogP contribution in [0.1, 0.15) is 0 Å². The molecule has 0 N–H and O–H groups in total. The lowest BCUT2D eigenvalue weighted by Gasteiger charge is -2.30. The Morgan fingerprint density at radius 1 is 0.471 bits per heavy atom. The van der Waals surface area contributed by atoms with Crippen LogP contribution in [-0.4, -0.2) is 65.6 Å². The van der Waals surface area contributed by atoms with Crippen LogP contribution in [0.4, 0.5) is 0 Å². The van der Waals surface area contributed by atoms with Crippen LogP contribution in [0.15, 0.2) is 106 Å². The fraction of sp³-hybridized carbons (Fsp3) is 0.182. The molecule has 0 aliphatic heterocycles. The zero-order chi connectivity index (χ0) is 25.0. The Bertz CT molecular complexity index is 1340. The minimum absolute atomic E-state index is 0.0141. The Kier molecular flexibility index (Phi) is 7.91. The van der Waals surface area contributed by atoms with Gasteiger partial charge in [0, 0.05) is 14.1 Å². The Labute approximate surface area is 201 Å². The van der Waals surface area contributed by atoms with Crippen LogP contribution in [-0.2, 0) is 30.1 Å². The van der Waals surface area contributed by atoms with Crippen LogP contribution in [0.2, 0.25) is 0 Å². The topological polar surface area (TPSA) is 112 Å². The molecule has 182 valence electrons. The van der Waals surface area contributed by atoms with Crippen molar-refractivity contribution < 1.29 is 25.3 Å². The normalized spacial score (nSPS) is 13.0. The standard InChI is InChI=1S/C22H25N3O6S3/c1-23(32(26,27)20-12-6-3-7-13-20)18-25(34(30,31)22-16-10-5-11-17-22)19-24(2)33(28,29)21-14-8-4-9-15-21/h3-17H,18-19H2,1-2H3. The summed E-state index contributed by atoms with van der Waals surface area (Å²) in [7, 11) is -9.86. The van der Waals surface area contributed by atoms with Gasteiger partial charge in [-0.2, -0.15) is 12.9 Å². The van der Waals surface area contributed by atoms with Crippen molar-refractivity contribution in [3.05, 3.63) is 91.0 Å². The third-order valence-electron chi connectivity index (χ3n) is 5.00. The summed E-state index contributed by atoms with van der Waals surface area (Å²) in [5.41, 5.74) is 0. The van der Waals surface area contributed by atoms with E-state index in [2.05, 4.69) is 0 Å². The average molecular weight is 524 g/mol. The molecule has 12 heteroatoms.